The van der Waals surface area contributed by atoms with Gasteiger partial charge in [-0.05, 0) is 36.6 Å². The number of anilines is 1. The molecule has 22 heavy (non-hydrogen) atoms. The van der Waals surface area contributed by atoms with E-state index in [-0.39, 0.29) is 24.1 Å². The zero-order chi connectivity index (χ0) is 16.1. The summed E-state index contributed by atoms with van der Waals surface area (Å²) in [5.74, 6) is -0.552. The van der Waals surface area contributed by atoms with Crippen LogP contribution in [0.5, 0.6) is 0 Å². The Balaban J connectivity index is 2.04. The summed E-state index contributed by atoms with van der Waals surface area (Å²) in [6.07, 6.45) is -0.408. The van der Waals surface area contributed by atoms with Crippen molar-refractivity contribution >= 4 is 11.6 Å². The van der Waals surface area contributed by atoms with Crippen LogP contribution in [0, 0.1) is 5.82 Å². The number of para-hydroxylation sites is 1. The van der Waals surface area contributed by atoms with E-state index in [2.05, 4.69) is 5.32 Å². The quantitative estimate of drug-likeness (QED) is 0.876. The van der Waals surface area contributed by atoms with Crippen LogP contribution in [-0.4, -0.2) is 11.0 Å². The molecule has 0 aromatic heterocycles. The Labute approximate surface area is 129 Å². The number of hydrogen-bond donors (Lipinski definition) is 2. The first kappa shape index (κ1) is 16.2. The smallest absolute Gasteiger partial charge is 0.224 e. The van der Waals surface area contributed by atoms with Crippen LogP contribution in [0.1, 0.15) is 43.4 Å². The van der Waals surface area contributed by atoms with Crippen LogP contribution in [0.15, 0.2) is 48.5 Å². The molecule has 0 radical (unpaired) electrons. The zero-order valence-corrected chi connectivity index (χ0v) is 12.7. The first-order chi connectivity index (χ1) is 10.5. The molecule has 116 valence electrons. The summed E-state index contributed by atoms with van der Waals surface area (Å²) in [4.78, 5) is 12.2. The average molecular weight is 301 g/mol. The maximum absolute atomic E-state index is 13.2. The fraction of sp³-hybridized carbons (Fsp3) is 0.278. The zero-order valence-electron chi connectivity index (χ0n) is 12.7. The van der Waals surface area contributed by atoms with Crippen LogP contribution < -0.4 is 5.32 Å². The molecule has 0 fully saturated rings. The van der Waals surface area contributed by atoms with Gasteiger partial charge in [0.15, 0.2) is 0 Å². The van der Waals surface area contributed by atoms with Gasteiger partial charge in [0, 0.05) is 17.7 Å². The van der Waals surface area contributed by atoms with E-state index in [1.807, 2.05) is 19.1 Å². The number of nitrogens with one attached hydrogen (secondary N) is 1. The highest BCUT2D eigenvalue weighted by Gasteiger charge is 2.14. The molecule has 2 rings (SSSR count). The third-order valence-corrected chi connectivity index (χ3v) is 3.59. The van der Waals surface area contributed by atoms with Crippen molar-refractivity contribution in [1.29, 1.82) is 0 Å². The lowest BCUT2D eigenvalue weighted by atomic mass is 9.97. The number of carbonyl (C=O) groups excluding carboxylic acids is 1. The molecule has 3 nitrogen and oxygen atoms in total. The van der Waals surface area contributed by atoms with Gasteiger partial charge in [0.05, 0.1) is 6.10 Å². The molecule has 0 aliphatic heterocycles. The number of hydrogen-bond acceptors (Lipinski definition) is 2. The van der Waals surface area contributed by atoms with E-state index >= 15 is 0 Å². The maximum atomic E-state index is 13.2. The molecule has 0 saturated heterocycles. The molecule has 1 amide bonds. The minimum absolute atomic E-state index is 0.0885. The fourth-order valence-electron chi connectivity index (χ4n) is 2.39. The molecule has 0 saturated carbocycles. The number of halogens is 1. The Bertz CT molecular complexity index is 655. The van der Waals surface area contributed by atoms with Crippen molar-refractivity contribution in [3.05, 3.63) is 65.5 Å². The standard InChI is InChI=1S/C18H20FNO2/c1-12(14-6-5-7-15(19)11-14)10-18(22)20-17-9-4-3-8-16(17)13(2)21/h3-9,11-13,21H,10H2,1-2H3,(H,20,22)/t12-,13+/m0/s1. The lowest BCUT2D eigenvalue weighted by Gasteiger charge is -2.15. The van der Waals surface area contributed by atoms with Gasteiger partial charge in [-0.1, -0.05) is 37.3 Å². The monoisotopic (exact) mass is 301 g/mol. The molecule has 2 N–H and O–H groups in total. The highest BCUT2D eigenvalue weighted by atomic mass is 19.1. The Kier molecular flexibility index (Phi) is 5.28. The van der Waals surface area contributed by atoms with Crippen molar-refractivity contribution < 1.29 is 14.3 Å². The first-order valence-corrected chi connectivity index (χ1v) is 7.29. The SMILES string of the molecule is C[C@@H](O)c1ccccc1NC(=O)C[C@H](C)c1cccc(F)c1. The number of rotatable bonds is 5. The van der Waals surface area contributed by atoms with E-state index in [4.69, 9.17) is 0 Å². The minimum atomic E-state index is -0.655. The van der Waals surface area contributed by atoms with Gasteiger partial charge >= 0.3 is 0 Å². The Morgan fingerprint density at radius 1 is 1.18 bits per heavy atom. The molecule has 0 bridgehead atoms. The molecular weight excluding hydrogens is 281 g/mol. The highest BCUT2D eigenvalue weighted by molar-refractivity contribution is 5.92. The molecule has 2 aromatic carbocycles. The number of aliphatic hydroxyl groups excluding tert-OH is 1. The molecule has 4 heteroatoms. The van der Waals surface area contributed by atoms with E-state index in [9.17, 15) is 14.3 Å². The van der Waals surface area contributed by atoms with Crippen LogP contribution in [0.3, 0.4) is 0 Å². The van der Waals surface area contributed by atoms with E-state index in [1.54, 1.807) is 31.2 Å². The lowest BCUT2D eigenvalue weighted by molar-refractivity contribution is -0.116. The second kappa shape index (κ2) is 7.18. The largest absolute Gasteiger partial charge is 0.389 e. The van der Waals surface area contributed by atoms with Gasteiger partial charge < -0.3 is 10.4 Å². The summed E-state index contributed by atoms with van der Waals surface area (Å²) in [6, 6.07) is 13.4. The summed E-state index contributed by atoms with van der Waals surface area (Å²) >= 11 is 0. The van der Waals surface area contributed by atoms with Gasteiger partial charge in [0.1, 0.15) is 5.82 Å². The number of benzene rings is 2. The van der Waals surface area contributed by atoms with Crippen LogP contribution in [0.4, 0.5) is 10.1 Å². The van der Waals surface area contributed by atoms with E-state index < -0.39 is 6.10 Å². The summed E-state index contributed by atoms with van der Waals surface area (Å²) in [7, 11) is 0. The molecule has 0 spiro atoms. The van der Waals surface area contributed by atoms with Crippen molar-refractivity contribution in [3.63, 3.8) is 0 Å². The van der Waals surface area contributed by atoms with Gasteiger partial charge in [-0.25, -0.2) is 4.39 Å². The number of carbonyl (C=O) groups is 1. The summed E-state index contributed by atoms with van der Waals surface area (Å²) in [5.41, 5.74) is 2.07. The second-order valence-corrected chi connectivity index (χ2v) is 5.47. The van der Waals surface area contributed by atoms with Crippen molar-refractivity contribution in [2.45, 2.75) is 32.3 Å². The van der Waals surface area contributed by atoms with Crippen LogP contribution in [-0.2, 0) is 4.79 Å². The molecule has 2 aromatic rings. The van der Waals surface area contributed by atoms with Gasteiger partial charge in [-0.3, -0.25) is 4.79 Å². The molecule has 0 aliphatic rings. The van der Waals surface area contributed by atoms with Gasteiger partial charge in [-0.2, -0.15) is 0 Å². The average Bonchev–Trinajstić information content (AvgIpc) is 2.47. The second-order valence-electron chi connectivity index (χ2n) is 5.47. The predicted octanol–water partition coefficient (Wildman–Crippen LogP) is 4.01. The van der Waals surface area contributed by atoms with Gasteiger partial charge in [0.2, 0.25) is 5.91 Å². The van der Waals surface area contributed by atoms with Gasteiger partial charge in [0.25, 0.3) is 0 Å². The van der Waals surface area contributed by atoms with E-state index in [1.165, 1.54) is 12.1 Å². The van der Waals surface area contributed by atoms with Crippen LogP contribution >= 0.6 is 0 Å². The molecular formula is C18H20FNO2. The predicted molar refractivity (Wildman–Crippen MR) is 85.1 cm³/mol. The van der Waals surface area contributed by atoms with E-state index in [0.717, 1.165) is 5.56 Å². The normalized spacial score (nSPS) is 13.5. The Morgan fingerprint density at radius 3 is 2.59 bits per heavy atom. The molecule has 0 aliphatic carbocycles. The number of amides is 1. The Morgan fingerprint density at radius 2 is 1.91 bits per heavy atom. The summed E-state index contributed by atoms with van der Waals surface area (Å²) in [6.45, 7) is 3.54. The highest BCUT2D eigenvalue weighted by Crippen LogP contribution is 2.24. The van der Waals surface area contributed by atoms with Crippen LogP contribution in [0.2, 0.25) is 0 Å². The van der Waals surface area contributed by atoms with Gasteiger partial charge in [-0.15, -0.1) is 0 Å². The third-order valence-electron chi connectivity index (χ3n) is 3.59. The number of aliphatic hydroxyl groups is 1. The van der Waals surface area contributed by atoms with Crippen molar-refractivity contribution in [2.75, 3.05) is 5.32 Å². The third kappa shape index (κ3) is 4.15. The molecule has 2 atom stereocenters. The van der Waals surface area contributed by atoms with Crippen molar-refractivity contribution in [1.82, 2.24) is 0 Å². The van der Waals surface area contributed by atoms with Crippen molar-refractivity contribution in [2.24, 2.45) is 0 Å². The van der Waals surface area contributed by atoms with Crippen LogP contribution in [0.25, 0.3) is 0 Å². The Hall–Kier alpha value is -2.20. The molecule has 0 unspecified atom stereocenters. The first-order valence-electron chi connectivity index (χ1n) is 7.29. The van der Waals surface area contributed by atoms with E-state index in [0.29, 0.717) is 11.3 Å². The summed E-state index contributed by atoms with van der Waals surface area (Å²) < 4.78 is 13.2. The fourth-order valence-corrected chi connectivity index (χ4v) is 2.39. The summed E-state index contributed by atoms with van der Waals surface area (Å²) in [5, 5.41) is 12.5. The lowest BCUT2D eigenvalue weighted by Crippen LogP contribution is -2.16. The minimum Gasteiger partial charge on any atom is -0.389 e. The van der Waals surface area contributed by atoms with Crippen molar-refractivity contribution in [3.8, 4) is 0 Å². The molecule has 0 heterocycles. The maximum Gasteiger partial charge on any atom is 0.224 e. The topological polar surface area (TPSA) is 49.3 Å².